The second-order valence-electron chi connectivity index (χ2n) is 5.96. The molecule has 154 valence electrons. The number of benzene rings is 1. The van der Waals surface area contributed by atoms with Gasteiger partial charge in [-0.05, 0) is 30.7 Å². The number of hydrogen-bond acceptors (Lipinski definition) is 4. The van der Waals surface area contributed by atoms with E-state index in [0.29, 0.717) is 24.8 Å². The first-order valence-electron chi connectivity index (χ1n) is 9.09. The van der Waals surface area contributed by atoms with E-state index in [9.17, 15) is 13.2 Å². The van der Waals surface area contributed by atoms with Gasteiger partial charge in [-0.2, -0.15) is 13.2 Å². The van der Waals surface area contributed by atoms with Crippen molar-refractivity contribution >= 4 is 5.96 Å². The number of nitrogens with one attached hydrogen (secondary N) is 2. The van der Waals surface area contributed by atoms with E-state index in [4.69, 9.17) is 9.26 Å². The largest absolute Gasteiger partial charge is 0.492 e. The van der Waals surface area contributed by atoms with Gasteiger partial charge in [0.2, 0.25) is 0 Å². The lowest BCUT2D eigenvalue weighted by Gasteiger charge is -2.13. The number of alkyl halides is 3. The quantitative estimate of drug-likeness (QED) is 0.404. The minimum Gasteiger partial charge on any atom is -0.492 e. The summed E-state index contributed by atoms with van der Waals surface area (Å²) in [7, 11) is 1.65. The van der Waals surface area contributed by atoms with Crippen LogP contribution in [-0.2, 0) is 25.6 Å². The molecule has 1 aromatic heterocycles. The van der Waals surface area contributed by atoms with Crippen LogP contribution in [0.3, 0.4) is 0 Å². The molecule has 6 nitrogen and oxygen atoms in total. The lowest BCUT2D eigenvalue weighted by atomic mass is 10.1. The summed E-state index contributed by atoms with van der Waals surface area (Å²) in [4.78, 5) is 4.14. The lowest BCUT2D eigenvalue weighted by molar-refractivity contribution is -0.137. The predicted molar refractivity (Wildman–Crippen MR) is 100 cm³/mol. The fourth-order valence-corrected chi connectivity index (χ4v) is 2.61. The summed E-state index contributed by atoms with van der Waals surface area (Å²) in [5.41, 5.74) is 1.26. The molecule has 9 heteroatoms. The first-order chi connectivity index (χ1) is 13.4. The van der Waals surface area contributed by atoms with E-state index in [-0.39, 0.29) is 6.61 Å². The summed E-state index contributed by atoms with van der Waals surface area (Å²) in [5, 5.41) is 10.4. The van der Waals surface area contributed by atoms with Gasteiger partial charge in [0.15, 0.2) is 5.96 Å². The highest BCUT2D eigenvalue weighted by atomic mass is 19.4. The molecule has 0 aliphatic carbocycles. The maximum absolute atomic E-state index is 12.5. The fraction of sp³-hybridized carbons (Fsp3) is 0.474. The molecule has 0 fully saturated rings. The number of guanidine groups is 1. The number of aryl methyl sites for hydroxylation is 2. The second-order valence-corrected chi connectivity index (χ2v) is 5.96. The van der Waals surface area contributed by atoms with Crippen LogP contribution in [0.5, 0.6) is 5.75 Å². The van der Waals surface area contributed by atoms with Crippen molar-refractivity contribution in [3.8, 4) is 5.75 Å². The Balaban J connectivity index is 1.78. The van der Waals surface area contributed by atoms with Crippen LogP contribution >= 0.6 is 0 Å². The van der Waals surface area contributed by atoms with Gasteiger partial charge in [-0.3, -0.25) is 4.99 Å². The van der Waals surface area contributed by atoms with Crippen molar-refractivity contribution in [1.82, 2.24) is 15.8 Å². The van der Waals surface area contributed by atoms with Crippen LogP contribution in [0.1, 0.15) is 36.4 Å². The highest BCUT2D eigenvalue weighted by Crippen LogP contribution is 2.30. The Kier molecular flexibility index (Phi) is 7.71. The number of aliphatic imine (C=N–C) groups is 1. The summed E-state index contributed by atoms with van der Waals surface area (Å²) in [6, 6.07) is 4.61. The molecule has 0 bridgehead atoms. The van der Waals surface area contributed by atoms with Gasteiger partial charge < -0.3 is 19.9 Å². The van der Waals surface area contributed by atoms with Crippen molar-refractivity contribution in [3.05, 3.63) is 46.8 Å². The number of aromatic nitrogens is 1. The molecule has 0 aliphatic heterocycles. The molecule has 0 unspecified atom stereocenters. The number of rotatable bonds is 8. The van der Waals surface area contributed by atoms with Gasteiger partial charge in [-0.15, -0.1) is 0 Å². The van der Waals surface area contributed by atoms with Gasteiger partial charge in [0.1, 0.15) is 18.1 Å². The van der Waals surface area contributed by atoms with Crippen molar-refractivity contribution in [2.45, 2.75) is 39.4 Å². The van der Waals surface area contributed by atoms with Gasteiger partial charge >= 0.3 is 6.18 Å². The summed E-state index contributed by atoms with van der Waals surface area (Å²) in [6.07, 6.45) is -2.80. The molecule has 0 spiro atoms. The number of hydrogen-bond donors (Lipinski definition) is 2. The summed E-state index contributed by atoms with van der Waals surface area (Å²) in [6.45, 7) is 5.28. The monoisotopic (exact) mass is 398 g/mol. The van der Waals surface area contributed by atoms with Crippen LogP contribution in [-0.4, -0.2) is 31.3 Å². The third-order valence-corrected chi connectivity index (χ3v) is 4.11. The van der Waals surface area contributed by atoms with E-state index >= 15 is 0 Å². The van der Waals surface area contributed by atoms with Gasteiger partial charge in [0, 0.05) is 25.6 Å². The molecule has 2 N–H and O–H groups in total. The highest BCUT2D eigenvalue weighted by molar-refractivity contribution is 5.79. The lowest BCUT2D eigenvalue weighted by Crippen LogP contribution is -2.39. The van der Waals surface area contributed by atoms with Crippen LogP contribution in [0.15, 0.2) is 33.8 Å². The van der Waals surface area contributed by atoms with Crippen LogP contribution < -0.4 is 15.4 Å². The number of ether oxygens (including phenoxy) is 1. The molecule has 28 heavy (non-hydrogen) atoms. The molecule has 0 amide bonds. The minimum atomic E-state index is -4.35. The third-order valence-electron chi connectivity index (χ3n) is 4.11. The molecule has 0 atom stereocenters. The second kappa shape index (κ2) is 10.0. The average Bonchev–Trinajstić information content (AvgIpc) is 3.09. The maximum atomic E-state index is 12.5. The fourth-order valence-electron chi connectivity index (χ4n) is 2.61. The summed E-state index contributed by atoms with van der Waals surface area (Å²) in [5.74, 6) is 1.81. The summed E-state index contributed by atoms with van der Waals surface area (Å²) < 4.78 is 48.4. The van der Waals surface area contributed by atoms with Crippen molar-refractivity contribution in [2.24, 2.45) is 4.99 Å². The van der Waals surface area contributed by atoms with Crippen molar-refractivity contribution < 1.29 is 22.4 Å². The molecular weight excluding hydrogens is 373 g/mol. The zero-order valence-electron chi connectivity index (χ0n) is 16.2. The van der Waals surface area contributed by atoms with Crippen molar-refractivity contribution in [2.75, 3.05) is 20.2 Å². The standard InChI is InChI=1S/C19H25F3N4O2/c1-4-16-15(17(5-2)28-26-16)12-25-18(23-3)24-10-11-27-14-8-6-13(7-9-14)19(20,21)22/h6-9H,4-5,10-12H2,1-3H3,(H2,23,24,25). The molecule has 2 aromatic rings. The Morgan fingerprint density at radius 1 is 1.14 bits per heavy atom. The Hall–Kier alpha value is -2.71. The Bertz CT molecular complexity index is 749. The van der Waals surface area contributed by atoms with Crippen molar-refractivity contribution in [3.63, 3.8) is 0 Å². The van der Waals surface area contributed by atoms with Gasteiger partial charge in [0.25, 0.3) is 0 Å². The van der Waals surface area contributed by atoms with Crippen molar-refractivity contribution in [1.29, 1.82) is 0 Å². The Morgan fingerprint density at radius 2 is 1.86 bits per heavy atom. The summed E-state index contributed by atoms with van der Waals surface area (Å²) >= 11 is 0. The zero-order chi connectivity index (χ0) is 20.6. The molecule has 2 rings (SSSR count). The molecule has 1 heterocycles. The first-order valence-corrected chi connectivity index (χ1v) is 9.09. The predicted octanol–water partition coefficient (Wildman–Crippen LogP) is 3.56. The molecule has 0 aliphatic rings. The minimum absolute atomic E-state index is 0.278. The average molecular weight is 398 g/mol. The van der Waals surface area contributed by atoms with Gasteiger partial charge in [0.05, 0.1) is 17.8 Å². The maximum Gasteiger partial charge on any atom is 0.416 e. The Morgan fingerprint density at radius 3 is 2.43 bits per heavy atom. The Labute approximate surface area is 162 Å². The van der Waals surface area contributed by atoms with Gasteiger partial charge in [-0.25, -0.2) is 0 Å². The molecule has 0 radical (unpaired) electrons. The zero-order valence-corrected chi connectivity index (χ0v) is 16.2. The first kappa shape index (κ1) is 21.6. The van der Waals surface area contributed by atoms with E-state index in [1.54, 1.807) is 7.05 Å². The smallest absolute Gasteiger partial charge is 0.416 e. The number of halogens is 3. The van der Waals surface area contributed by atoms with Crippen LogP contribution in [0.25, 0.3) is 0 Å². The van der Waals surface area contributed by atoms with Crippen LogP contribution in [0.2, 0.25) is 0 Å². The van der Waals surface area contributed by atoms with Crippen LogP contribution in [0, 0.1) is 0 Å². The normalized spacial score (nSPS) is 12.1. The molecular formula is C19H25F3N4O2. The van der Waals surface area contributed by atoms with E-state index < -0.39 is 11.7 Å². The van der Waals surface area contributed by atoms with Crippen LogP contribution in [0.4, 0.5) is 13.2 Å². The molecule has 1 aromatic carbocycles. The highest BCUT2D eigenvalue weighted by Gasteiger charge is 2.30. The van der Waals surface area contributed by atoms with E-state index in [0.717, 1.165) is 42.0 Å². The van der Waals surface area contributed by atoms with E-state index in [1.165, 1.54) is 12.1 Å². The van der Waals surface area contributed by atoms with Gasteiger partial charge in [-0.1, -0.05) is 19.0 Å². The number of nitrogens with zero attached hydrogens (tertiary/aromatic N) is 2. The van der Waals surface area contributed by atoms with E-state index in [2.05, 4.69) is 20.8 Å². The topological polar surface area (TPSA) is 71.7 Å². The third kappa shape index (κ3) is 5.90. The van der Waals surface area contributed by atoms with E-state index in [1.807, 2.05) is 13.8 Å². The molecule has 0 saturated heterocycles. The SMILES string of the molecule is CCc1noc(CC)c1CNC(=NC)NCCOc1ccc(C(F)(F)F)cc1. The molecule has 0 saturated carbocycles.